The van der Waals surface area contributed by atoms with Crippen LogP contribution in [0.15, 0.2) is 47.5 Å². The van der Waals surface area contributed by atoms with Gasteiger partial charge in [0.1, 0.15) is 5.75 Å². The lowest BCUT2D eigenvalue weighted by Crippen LogP contribution is -2.36. The second-order valence-electron chi connectivity index (χ2n) is 7.37. The smallest absolute Gasteiger partial charge is 0.191 e. The fourth-order valence-corrected chi connectivity index (χ4v) is 2.91. The predicted octanol–water partition coefficient (Wildman–Crippen LogP) is 3.71. The van der Waals surface area contributed by atoms with Crippen LogP contribution >= 0.6 is 0 Å². The van der Waals surface area contributed by atoms with Gasteiger partial charge in [0.2, 0.25) is 0 Å². The molecule has 2 N–H and O–H groups in total. The first-order valence-electron chi connectivity index (χ1n) is 9.79. The van der Waals surface area contributed by atoms with Gasteiger partial charge in [-0.15, -0.1) is 0 Å². The van der Waals surface area contributed by atoms with Crippen molar-refractivity contribution in [2.75, 3.05) is 21.2 Å². The fourth-order valence-electron chi connectivity index (χ4n) is 2.91. The average Bonchev–Trinajstić information content (AvgIpc) is 2.69. The molecule has 0 atom stereocenters. The van der Waals surface area contributed by atoms with Crippen LogP contribution in [0.3, 0.4) is 0 Å². The number of guanidine groups is 1. The minimum atomic E-state index is 0.514. The van der Waals surface area contributed by atoms with Gasteiger partial charge in [-0.1, -0.05) is 36.4 Å². The first kappa shape index (κ1) is 21.8. The topological polar surface area (TPSA) is 48.9 Å². The molecule has 5 nitrogen and oxygen atoms in total. The quantitative estimate of drug-likeness (QED) is 0.540. The van der Waals surface area contributed by atoms with Gasteiger partial charge in [0.25, 0.3) is 0 Å². The Hall–Kier alpha value is -2.53. The highest BCUT2D eigenvalue weighted by atomic mass is 16.5. The van der Waals surface area contributed by atoms with E-state index in [1.54, 1.807) is 14.2 Å². The SMILES string of the molecule is CN=C(NCc1ccccc1CN(C)C(C)C)NCc1ccc(C)cc1OC. The minimum Gasteiger partial charge on any atom is -0.496 e. The van der Waals surface area contributed by atoms with E-state index >= 15 is 0 Å². The van der Waals surface area contributed by atoms with Crippen molar-refractivity contribution in [3.8, 4) is 5.75 Å². The molecule has 0 saturated heterocycles. The van der Waals surface area contributed by atoms with Crippen molar-refractivity contribution in [3.05, 3.63) is 64.7 Å². The number of nitrogens with zero attached hydrogens (tertiary/aromatic N) is 2. The summed E-state index contributed by atoms with van der Waals surface area (Å²) >= 11 is 0. The molecule has 0 saturated carbocycles. The summed E-state index contributed by atoms with van der Waals surface area (Å²) in [5.74, 6) is 1.67. The molecule has 0 aliphatic rings. The van der Waals surface area contributed by atoms with Gasteiger partial charge in [-0.25, -0.2) is 0 Å². The Morgan fingerprint density at radius 3 is 2.29 bits per heavy atom. The summed E-state index contributed by atoms with van der Waals surface area (Å²) < 4.78 is 5.49. The van der Waals surface area contributed by atoms with Crippen molar-refractivity contribution in [2.24, 2.45) is 4.99 Å². The van der Waals surface area contributed by atoms with Gasteiger partial charge in [0, 0.05) is 38.3 Å². The first-order valence-corrected chi connectivity index (χ1v) is 9.79. The molecule has 0 radical (unpaired) electrons. The first-order chi connectivity index (χ1) is 13.4. The molecule has 0 spiro atoms. The Kier molecular flexibility index (Phi) is 8.33. The third-order valence-corrected chi connectivity index (χ3v) is 4.98. The minimum absolute atomic E-state index is 0.514. The highest BCUT2D eigenvalue weighted by molar-refractivity contribution is 5.79. The van der Waals surface area contributed by atoms with Gasteiger partial charge < -0.3 is 15.4 Å². The van der Waals surface area contributed by atoms with Crippen LogP contribution in [0.5, 0.6) is 5.75 Å². The molecule has 0 heterocycles. The molecule has 2 aromatic carbocycles. The molecule has 0 fully saturated rings. The molecular weight excluding hydrogens is 348 g/mol. The zero-order valence-corrected chi connectivity index (χ0v) is 18.0. The number of benzene rings is 2. The van der Waals surface area contributed by atoms with Crippen LogP contribution in [0.1, 0.15) is 36.1 Å². The van der Waals surface area contributed by atoms with Gasteiger partial charge in [0.15, 0.2) is 5.96 Å². The normalized spacial score (nSPS) is 11.8. The number of rotatable bonds is 8. The third-order valence-electron chi connectivity index (χ3n) is 4.98. The summed E-state index contributed by atoms with van der Waals surface area (Å²) in [6, 6.07) is 15.3. The highest BCUT2D eigenvalue weighted by Crippen LogP contribution is 2.19. The van der Waals surface area contributed by atoms with Crippen molar-refractivity contribution >= 4 is 5.96 Å². The summed E-state index contributed by atoms with van der Waals surface area (Å²) in [4.78, 5) is 6.70. The Balaban J connectivity index is 1.98. The molecule has 28 heavy (non-hydrogen) atoms. The zero-order valence-electron chi connectivity index (χ0n) is 18.0. The maximum Gasteiger partial charge on any atom is 0.191 e. The van der Waals surface area contributed by atoms with Crippen LogP contribution in [0, 0.1) is 6.92 Å². The van der Waals surface area contributed by atoms with Gasteiger partial charge in [-0.05, 0) is 50.6 Å². The molecule has 0 amide bonds. The molecular formula is C23H34N4O. The van der Waals surface area contributed by atoms with Crippen LogP contribution in [0.4, 0.5) is 0 Å². The second-order valence-corrected chi connectivity index (χ2v) is 7.37. The standard InChI is InChI=1S/C23H34N4O/c1-17(2)27(5)16-21-10-8-7-9-19(21)14-25-23(24-4)26-15-20-12-11-18(3)13-22(20)28-6/h7-13,17H,14-16H2,1-6H3,(H2,24,25,26). The number of nitrogens with one attached hydrogen (secondary N) is 2. The summed E-state index contributed by atoms with van der Waals surface area (Å²) in [5.41, 5.74) is 4.91. The maximum atomic E-state index is 5.49. The van der Waals surface area contributed by atoms with Crippen LogP contribution in [-0.4, -0.2) is 38.1 Å². The van der Waals surface area contributed by atoms with Crippen LogP contribution < -0.4 is 15.4 Å². The number of hydrogen-bond donors (Lipinski definition) is 2. The van der Waals surface area contributed by atoms with Gasteiger partial charge in [-0.2, -0.15) is 0 Å². The second kappa shape index (κ2) is 10.7. The summed E-state index contributed by atoms with van der Waals surface area (Å²) in [5, 5.41) is 6.80. The highest BCUT2D eigenvalue weighted by Gasteiger charge is 2.09. The van der Waals surface area contributed by atoms with Crippen molar-refractivity contribution in [1.82, 2.24) is 15.5 Å². The van der Waals surface area contributed by atoms with E-state index < -0.39 is 0 Å². The van der Waals surface area contributed by atoms with E-state index in [0.717, 1.165) is 30.4 Å². The maximum absolute atomic E-state index is 5.49. The lowest BCUT2D eigenvalue weighted by molar-refractivity contribution is 0.265. The van der Waals surface area contributed by atoms with E-state index in [4.69, 9.17) is 4.74 Å². The van der Waals surface area contributed by atoms with E-state index in [2.05, 4.69) is 90.8 Å². The Morgan fingerprint density at radius 1 is 1.04 bits per heavy atom. The van der Waals surface area contributed by atoms with Gasteiger partial charge >= 0.3 is 0 Å². The summed E-state index contributed by atoms with van der Waals surface area (Å²) in [7, 11) is 5.65. The fraction of sp³-hybridized carbons (Fsp3) is 0.435. The lowest BCUT2D eigenvalue weighted by atomic mass is 10.1. The predicted molar refractivity (Wildman–Crippen MR) is 118 cm³/mol. The van der Waals surface area contributed by atoms with Crippen molar-refractivity contribution < 1.29 is 4.74 Å². The molecule has 0 aliphatic carbocycles. The monoisotopic (exact) mass is 382 g/mol. The Labute approximate surface area is 169 Å². The zero-order chi connectivity index (χ0) is 20.5. The summed E-state index contributed by atoms with van der Waals surface area (Å²) in [6.07, 6.45) is 0. The van der Waals surface area contributed by atoms with Gasteiger partial charge in [0.05, 0.1) is 7.11 Å². The van der Waals surface area contributed by atoms with E-state index in [9.17, 15) is 0 Å². The van der Waals surface area contributed by atoms with E-state index in [1.165, 1.54) is 16.7 Å². The lowest BCUT2D eigenvalue weighted by Gasteiger charge is -2.23. The van der Waals surface area contributed by atoms with Crippen LogP contribution in [-0.2, 0) is 19.6 Å². The van der Waals surface area contributed by atoms with Crippen molar-refractivity contribution in [3.63, 3.8) is 0 Å². The molecule has 2 aromatic rings. The Bertz CT molecular complexity index is 786. The molecule has 0 unspecified atom stereocenters. The molecule has 0 aliphatic heterocycles. The molecule has 2 rings (SSSR count). The van der Waals surface area contributed by atoms with E-state index in [-0.39, 0.29) is 0 Å². The number of aliphatic imine (C=N–C) groups is 1. The average molecular weight is 383 g/mol. The van der Waals surface area contributed by atoms with E-state index in [1.807, 2.05) is 0 Å². The van der Waals surface area contributed by atoms with Gasteiger partial charge in [-0.3, -0.25) is 9.89 Å². The van der Waals surface area contributed by atoms with Crippen molar-refractivity contribution in [2.45, 2.75) is 46.4 Å². The largest absolute Gasteiger partial charge is 0.496 e. The molecule has 152 valence electrons. The van der Waals surface area contributed by atoms with Crippen LogP contribution in [0.2, 0.25) is 0 Å². The van der Waals surface area contributed by atoms with Crippen LogP contribution in [0.25, 0.3) is 0 Å². The third kappa shape index (κ3) is 6.27. The number of methoxy groups -OCH3 is 1. The number of hydrogen-bond acceptors (Lipinski definition) is 3. The van der Waals surface area contributed by atoms with Crippen molar-refractivity contribution in [1.29, 1.82) is 0 Å². The van der Waals surface area contributed by atoms with E-state index in [0.29, 0.717) is 12.6 Å². The number of aryl methyl sites for hydroxylation is 1. The molecule has 0 bridgehead atoms. The summed E-state index contributed by atoms with van der Waals surface area (Å²) in [6.45, 7) is 8.81. The Morgan fingerprint density at radius 2 is 1.68 bits per heavy atom. The number of ether oxygens (including phenoxy) is 1. The molecule has 0 aromatic heterocycles. The molecule has 5 heteroatoms.